The van der Waals surface area contributed by atoms with Crippen LogP contribution in [0.1, 0.15) is 31.4 Å². The molecular formula is C15H24N2O4. The fourth-order valence-electron chi connectivity index (χ4n) is 1.95. The molecule has 0 aromatic heterocycles. The molecule has 1 aromatic carbocycles. The largest absolute Gasteiger partial charge is 0.490 e. The molecule has 0 aliphatic carbocycles. The summed E-state index contributed by atoms with van der Waals surface area (Å²) in [7, 11) is 0. The van der Waals surface area contributed by atoms with Crippen molar-refractivity contribution in [3.05, 3.63) is 33.4 Å². The van der Waals surface area contributed by atoms with Gasteiger partial charge in [0, 0.05) is 18.2 Å². The summed E-state index contributed by atoms with van der Waals surface area (Å²) in [4.78, 5) is 10.5. The molecule has 1 atom stereocenters. The van der Waals surface area contributed by atoms with Gasteiger partial charge in [-0.1, -0.05) is 6.92 Å². The molecule has 0 heterocycles. The molecule has 2 N–H and O–H groups in total. The predicted molar refractivity (Wildman–Crippen MR) is 81.8 cm³/mol. The molecule has 0 spiro atoms. The number of nitrogens with zero attached hydrogens (tertiary/aromatic N) is 1. The number of aliphatic hydroxyl groups is 1. The summed E-state index contributed by atoms with van der Waals surface area (Å²) in [5, 5.41) is 24.2. The van der Waals surface area contributed by atoms with Crippen LogP contribution < -0.4 is 10.1 Å². The second-order valence-corrected chi connectivity index (χ2v) is 5.62. The fourth-order valence-corrected chi connectivity index (χ4v) is 1.95. The number of nitro groups is 1. The van der Waals surface area contributed by atoms with Gasteiger partial charge >= 0.3 is 0 Å². The van der Waals surface area contributed by atoms with Crippen molar-refractivity contribution in [1.29, 1.82) is 0 Å². The molecule has 6 heteroatoms. The zero-order valence-corrected chi connectivity index (χ0v) is 13.1. The van der Waals surface area contributed by atoms with E-state index >= 15 is 0 Å². The minimum Gasteiger partial charge on any atom is -0.490 e. The average Bonchev–Trinajstić information content (AvgIpc) is 2.39. The number of ether oxygens (including phenoxy) is 1. The molecule has 6 nitrogen and oxygen atoms in total. The molecule has 0 radical (unpaired) electrons. The van der Waals surface area contributed by atoms with Gasteiger partial charge in [0.1, 0.15) is 18.0 Å². The quantitative estimate of drug-likeness (QED) is 0.437. The molecule has 118 valence electrons. The van der Waals surface area contributed by atoms with Crippen molar-refractivity contribution in [2.45, 2.75) is 39.7 Å². The van der Waals surface area contributed by atoms with E-state index in [9.17, 15) is 15.2 Å². The van der Waals surface area contributed by atoms with Gasteiger partial charge in [-0.05, 0) is 45.4 Å². The van der Waals surface area contributed by atoms with E-state index in [-0.39, 0.29) is 12.3 Å². The Bertz CT molecular complexity index is 501. The third-order valence-corrected chi connectivity index (χ3v) is 3.16. The molecule has 0 aliphatic rings. The molecule has 1 aromatic rings. The second kappa shape index (κ2) is 7.38. The third kappa shape index (κ3) is 5.32. The average molecular weight is 296 g/mol. The highest BCUT2D eigenvalue weighted by Gasteiger charge is 2.22. The molecule has 1 unspecified atom stereocenters. The molecule has 0 saturated heterocycles. The van der Waals surface area contributed by atoms with Gasteiger partial charge in [0.05, 0.1) is 4.92 Å². The number of hydrogen-bond acceptors (Lipinski definition) is 5. The monoisotopic (exact) mass is 296 g/mol. The Hall–Kier alpha value is -1.66. The van der Waals surface area contributed by atoms with Crippen LogP contribution >= 0.6 is 0 Å². The lowest BCUT2D eigenvalue weighted by atomic mass is 10.1. The number of rotatable bonds is 8. The maximum absolute atomic E-state index is 10.9. The van der Waals surface area contributed by atoms with Gasteiger partial charge in [0.2, 0.25) is 0 Å². The summed E-state index contributed by atoms with van der Waals surface area (Å²) >= 11 is 0. The first-order valence-electron chi connectivity index (χ1n) is 7.08. The van der Waals surface area contributed by atoms with Gasteiger partial charge in [-0.25, -0.2) is 0 Å². The number of aryl methyl sites for hydroxylation is 2. The first-order valence-corrected chi connectivity index (χ1v) is 7.08. The van der Waals surface area contributed by atoms with Crippen LogP contribution in [0.3, 0.4) is 0 Å². The molecule has 1 rings (SSSR count). The molecule has 21 heavy (non-hydrogen) atoms. The van der Waals surface area contributed by atoms with Gasteiger partial charge in [0.25, 0.3) is 5.69 Å². The molecular weight excluding hydrogens is 272 g/mol. The van der Waals surface area contributed by atoms with E-state index in [1.54, 1.807) is 26.8 Å². The van der Waals surface area contributed by atoms with E-state index in [1.165, 1.54) is 6.07 Å². The minimum absolute atomic E-state index is 0.0798. The molecule has 0 amide bonds. The van der Waals surface area contributed by atoms with Crippen LogP contribution in [0.4, 0.5) is 5.69 Å². The first-order chi connectivity index (χ1) is 9.76. The Balaban J connectivity index is 2.71. The van der Waals surface area contributed by atoms with Crippen LogP contribution in [0.25, 0.3) is 0 Å². The summed E-state index contributed by atoms with van der Waals surface area (Å²) in [6, 6.07) is 3.14. The van der Waals surface area contributed by atoms with Crippen molar-refractivity contribution in [2.75, 3.05) is 19.7 Å². The smallest absolute Gasteiger partial charge is 0.272 e. The molecule has 0 aliphatic heterocycles. The standard InChI is InChI=1S/C15H24N2O4/c1-5-6-16-9-15(4,18)10-21-14-8-11(2)13(17(19)20)7-12(14)3/h7-8,16,18H,5-6,9-10H2,1-4H3. The highest BCUT2D eigenvalue weighted by atomic mass is 16.6. The topological polar surface area (TPSA) is 84.6 Å². The van der Waals surface area contributed by atoms with E-state index in [4.69, 9.17) is 4.74 Å². The number of nitrogens with one attached hydrogen (secondary N) is 1. The Morgan fingerprint density at radius 1 is 1.38 bits per heavy atom. The van der Waals surface area contributed by atoms with Crippen molar-refractivity contribution in [2.24, 2.45) is 0 Å². The lowest BCUT2D eigenvalue weighted by Gasteiger charge is -2.24. The number of nitro benzene ring substituents is 1. The van der Waals surface area contributed by atoms with Crippen LogP contribution in [0, 0.1) is 24.0 Å². The number of hydrogen-bond donors (Lipinski definition) is 2. The minimum atomic E-state index is -0.989. The van der Waals surface area contributed by atoms with Gasteiger partial charge in [0.15, 0.2) is 0 Å². The highest BCUT2D eigenvalue weighted by molar-refractivity contribution is 5.49. The Morgan fingerprint density at radius 2 is 2.05 bits per heavy atom. The molecule has 0 bridgehead atoms. The molecule has 0 fully saturated rings. The second-order valence-electron chi connectivity index (χ2n) is 5.62. The normalized spacial score (nSPS) is 13.8. The lowest BCUT2D eigenvalue weighted by molar-refractivity contribution is -0.385. The van der Waals surface area contributed by atoms with Gasteiger partial charge in [-0.2, -0.15) is 0 Å². The highest BCUT2D eigenvalue weighted by Crippen LogP contribution is 2.28. The van der Waals surface area contributed by atoms with Crippen LogP contribution in [-0.4, -0.2) is 35.3 Å². The van der Waals surface area contributed by atoms with Crippen LogP contribution in [0.2, 0.25) is 0 Å². The molecule has 0 saturated carbocycles. The van der Waals surface area contributed by atoms with Crippen molar-refractivity contribution >= 4 is 5.69 Å². The zero-order chi connectivity index (χ0) is 16.0. The van der Waals surface area contributed by atoms with E-state index in [0.29, 0.717) is 23.4 Å². The summed E-state index contributed by atoms with van der Waals surface area (Å²) in [6.45, 7) is 8.58. The van der Waals surface area contributed by atoms with Crippen molar-refractivity contribution in [3.8, 4) is 5.75 Å². The third-order valence-electron chi connectivity index (χ3n) is 3.16. The maximum Gasteiger partial charge on any atom is 0.272 e. The van der Waals surface area contributed by atoms with Gasteiger partial charge < -0.3 is 15.2 Å². The number of benzene rings is 1. The maximum atomic E-state index is 10.9. The Morgan fingerprint density at radius 3 is 2.62 bits per heavy atom. The predicted octanol–water partition coefficient (Wildman–Crippen LogP) is 2.34. The van der Waals surface area contributed by atoms with E-state index in [2.05, 4.69) is 12.2 Å². The Kier molecular flexibility index (Phi) is 6.11. The van der Waals surface area contributed by atoms with Gasteiger partial charge in [-0.3, -0.25) is 10.1 Å². The van der Waals surface area contributed by atoms with Crippen molar-refractivity contribution in [1.82, 2.24) is 5.32 Å². The van der Waals surface area contributed by atoms with E-state index < -0.39 is 10.5 Å². The lowest BCUT2D eigenvalue weighted by Crippen LogP contribution is -2.43. The van der Waals surface area contributed by atoms with Crippen molar-refractivity contribution in [3.63, 3.8) is 0 Å². The van der Waals surface area contributed by atoms with E-state index in [0.717, 1.165) is 13.0 Å². The van der Waals surface area contributed by atoms with Crippen LogP contribution in [0.15, 0.2) is 12.1 Å². The SMILES string of the molecule is CCCNCC(C)(O)COc1cc(C)c([N+](=O)[O-])cc1C. The first kappa shape index (κ1) is 17.4. The van der Waals surface area contributed by atoms with E-state index in [1.807, 2.05) is 0 Å². The zero-order valence-electron chi connectivity index (χ0n) is 13.1. The van der Waals surface area contributed by atoms with Crippen LogP contribution in [0.5, 0.6) is 5.75 Å². The summed E-state index contributed by atoms with van der Waals surface area (Å²) in [6.07, 6.45) is 0.998. The fraction of sp³-hybridized carbons (Fsp3) is 0.600. The van der Waals surface area contributed by atoms with Gasteiger partial charge in [-0.15, -0.1) is 0 Å². The summed E-state index contributed by atoms with van der Waals surface area (Å²) in [5.41, 5.74) is 0.322. The summed E-state index contributed by atoms with van der Waals surface area (Å²) in [5.74, 6) is 0.564. The summed E-state index contributed by atoms with van der Waals surface area (Å²) < 4.78 is 5.64. The Labute approximate surface area is 125 Å². The van der Waals surface area contributed by atoms with Crippen molar-refractivity contribution < 1.29 is 14.8 Å². The van der Waals surface area contributed by atoms with Crippen LogP contribution in [-0.2, 0) is 0 Å².